The van der Waals surface area contributed by atoms with Gasteiger partial charge in [-0.1, -0.05) is 17.7 Å². The molecule has 2 aromatic heterocycles. The lowest BCUT2D eigenvalue weighted by atomic mass is 9.72. The first-order valence-corrected chi connectivity index (χ1v) is 8.52. The molecule has 27 heavy (non-hydrogen) atoms. The Hall–Kier alpha value is -2.68. The smallest absolute Gasteiger partial charge is 0.314 e. The molecule has 0 spiro atoms. The first kappa shape index (κ1) is 17.7. The second kappa shape index (κ2) is 6.80. The number of hydrogen-bond donors (Lipinski definition) is 1. The second-order valence-electron chi connectivity index (χ2n) is 6.23. The maximum Gasteiger partial charge on any atom is 0.314 e. The van der Waals surface area contributed by atoms with Gasteiger partial charge < -0.3 is 9.73 Å². The Morgan fingerprint density at radius 1 is 1.15 bits per heavy atom. The van der Waals surface area contributed by atoms with Crippen molar-refractivity contribution in [2.45, 2.75) is 31.2 Å². The van der Waals surface area contributed by atoms with E-state index in [0.717, 1.165) is 24.8 Å². The van der Waals surface area contributed by atoms with Crippen LogP contribution in [0.4, 0.5) is 19.1 Å². The Labute approximate surface area is 156 Å². The van der Waals surface area contributed by atoms with Crippen LogP contribution in [0.3, 0.4) is 0 Å². The summed E-state index contributed by atoms with van der Waals surface area (Å²) < 4.78 is 43.4. The molecule has 1 saturated carbocycles. The van der Waals surface area contributed by atoms with Gasteiger partial charge in [-0.05, 0) is 37.0 Å². The van der Waals surface area contributed by atoms with Crippen LogP contribution >= 0.6 is 11.6 Å². The number of nitrogens with zero attached hydrogens (tertiary/aromatic N) is 4. The fourth-order valence-electron chi connectivity index (χ4n) is 2.97. The highest BCUT2D eigenvalue weighted by Crippen LogP contribution is 2.44. The van der Waals surface area contributed by atoms with E-state index in [4.69, 9.17) is 16.0 Å². The number of rotatable bonds is 5. The highest BCUT2D eigenvalue weighted by molar-refractivity contribution is 6.30. The largest absolute Gasteiger partial charge is 0.415 e. The SMILES string of the molecule is Fc1ccc(C2(Nc3ncc(-c4nnc(C(F)F)o4)cn3)CCC2)cc1Cl. The molecule has 10 heteroatoms. The summed E-state index contributed by atoms with van der Waals surface area (Å²) in [5.41, 5.74) is 0.755. The first-order chi connectivity index (χ1) is 13.0. The lowest BCUT2D eigenvalue weighted by Crippen LogP contribution is -2.42. The summed E-state index contributed by atoms with van der Waals surface area (Å²) in [5, 5.41) is 10.2. The van der Waals surface area contributed by atoms with E-state index in [1.54, 1.807) is 12.1 Å². The molecular formula is C17H13ClF3N5O. The minimum absolute atomic E-state index is 0.0584. The van der Waals surface area contributed by atoms with E-state index >= 15 is 0 Å². The zero-order valence-electron chi connectivity index (χ0n) is 13.8. The molecule has 2 heterocycles. The second-order valence-corrected chi connectivity index (χ2v) is 6.64. The van der Waals surface area contributed by atoms with E-state index in [2.05, 4.69) is 25.5 Å². The van der Waals surface area contributed by atoms with Gasteiger partial charge >= 0.3 is 6.43 Å². The Bertz CT molecular complexity index is 959. The zero-order chi connectivity index (χ0) is 19.0. The van der Waals surface area contributed by atoms with Crippen LogP contribution in [0.25, 0.3) is 11.5 Å². The number of halogens is 4. The average molecular weight is 396 g/mol. The number of hydrogen-bond acceptors (Lipinski definition) is 6. The molecule has 0 amide bonds. The summed E-state index contributed by atoms with van der Waals surface area (Å²) in [5.74, 6) is -0.972. The zero-order valence-corrected chi connectivity index (χ0v) is 14.6. The summed E-state index contributed by atoms with van der Waals surface area (Å²) in [6.07, 6.45) is 2.61. The van der Waals surface area contributed by atoms with Crippen LogP contribution in [0.2, 0.25) is 5.02 Å². The molecule has 140 valence electrons. The number of benzene rings is 1. The fraction of sp³-hybridized carbons (Fsp3) is 0.294. The summed E-state index contributed by atoms with van der Waals surface area (Å²) >= 11 is 5.91. The van der Waals surface area contributed by atoms with Crippen LogP contribution in [-0.4, -0.2) is 20.2 Å². The topological polar surface area (TPSA) is 76.7 Å². The van der Waals surface area contributed by atoms with E-state index < -0.39 is 23.7 Å². The fourth-order valence-corrected chi connectivity index (χ4v) is 3.15. The number of anilines is 1. The molecule has 4 rings (SSSR count). The van der Waals surface area contributed by atoms with Crippen LogP contribution in [0, 0.1) is 5.82 Å². The van der Waals surface area contributed by atoms with Crippen molar-refractivity contribution < 1.29 is 17.6 Å². The van der Waals surface area contributed by atoms with Gasteiger partial charge in [-0.3, -0.25) is 0 Å². The van der Waals surface area contributed by atoms with Crippen LogP contribution in [0.15, 0.2) is 35.0 Å². The molecule has 3 aromatic rings. The van der Waals surface area contributed by atoms with Gasteiger partial charge in [0.1, 0.15) is 5.82 Å². The van der Waals surface area contributed by atoms with E-state index in [-0.39, 0.29) is 10.9 Å². The van der Waals surface area contributed by atoms with Gasteiger partial charge in [0.25, 0.3) is 11.8 Å². The summed E-state index contributed by atoms with van der Waals surface area (Å²) in [7, 11) is 0. The van der Waals surface area contributed by atoms with Crippen LogP contribution in [0.1, 0.15) is 37.1 Å². The minimum Gasteiger partial charge on any atom is -0.415 e. The molecular weight excluding hydrogens is 383 g/mol. The van der Waals surface area contributed by atoms with Crippen molar-refractivity contribution in [2.24, 2.45) is 0 Å². The lowest BCUT2D eigenvalue weighted by molar-refractivity contribution is 0.116. The molecule has 1 aliphatic carbocycles. The quantitative estimate of drug-likeness (QED) is 0.672. The minimum atomic E-state index is -2.84. The third-order valence-corrected chi connectivity index (χ3v) is 4.85. The molecule has 0 saturated heterocycles. The van der Waals surface area contributed by atoms with Gasteiger partial charge in [0.2, 0.25) is 5.95 Å². The normalized spacial score (nSPS) is 15.6. The molecule has 1 N–H and O–H groups in total. The molecule has 0 aliphatic heterocycles. The van der Waals surface area contributed by atoms with E-state index in [1.165, 1.54) is 18.5 Å². The molecule has 0 radical (unpaired) electrons. The van der Waals surface area contributed by atoms with Gasteiger partial charge in [-0.2, -0.15) is 8.78 Å². The Morgan fingerprint density at radius 2 is 1.89 bits per heavy atom. The Balaban J connectivity index is 1.55. The third-order valence-electron chi connectivity index (χ3n) is 4.56. The first-order valence-electron chi connectivity index (χ1n) is 8.14. The van der Waals surface area contributed by atoms with Crippen molar-refractivity contribution >= 4 is 17.5 Å². The molecule has 1 fully saturated rings. The van der Waals surface area contributed by atoms with Crippen LogP contribution in [0.5, 0.6) is 0 Å². The van der Waals surface area contributed by atoms with Gasteiger partial charge in [-0.15, -0.1) is 10.2 Å². The number of nitrogens with one attached hydrogen (secondary N) is 1. The van der Waals surface area contributed by atoms with Crippen molar-refractivity contribution in [1.82, 2.24) is 20.2 Å². The van der Waals surface area contributed by atoms with Gasteiger partial charge in [0, 0.05) is 12.4 Å². The summed E-state index contributed by atoms with van der Waals surface area (Å²) in [6.45, 7) is 0. The van der Waals surface area contributed by atoms with Crippen molar-refractivity contribution in [3.05, 3.63) is 52.9 Å². The van der Waals surface area contributed by atoms with Crippen molar-refractivity contribution in [2.75, 3.05) is 5.32 Å². The van der Waals surface area contributed by atoms with E-state index in [0.29, 0.717) is 11.5 Å². The van der Waals surface area contributed by atoms with Crippen molar-refractivity contribution in [3.63, 3.8) is 0 Å². The lowest BCUT2D eigenvalue weighted by Gasteiger charge is -2.43. The Morgan fingerprint density at radius 3 is 2.44 bits per heavy atom. The van der Waals surface area contributed by atoms with Gasteiger partial charge in [-0.25, -0.2) is 14.4 Å². The molecule has 0 unspecified atom stereocenters. The number of alkyl halides is 2. The summed E-state index contributed by atoms with van der Waals surface area (Å²) in [4.78, 5) is 8.39. The molecule has 1 aromatic carbocycles. The predicted octanol–water partition coefficient (Wildman–Crippen LogP) is 4.75. The van der Waals surface area contributed by atoms with Crippen molar-refractivity contribution in [1.29, 1.82) is 0 Å². The highest BCUT2D eigenvalue weighted by atomic mass is 35.5. The number of aromatic nitrogens is 4. The molecule has 6 nitrogen and oxygen atoms in total. The van der Waals surface area contributed by atoms with Crippen molar-refractivity contribution in [3.8, 4) is 11.5 Å². The molecule has 1 aliphatic rings. The predicted molar refractivity (Wildman–Crippen MR) is 90.8 cm³/mol. The average Bonchev–Trinajstić information content (AvgIpc) is 3.12. The molecule has 0 atom stereocenters. The third kappa shape index (κ3) is 3.34. The maximum atomic E-state index is 13.4. The van der Waals surface area contributed by atoms with E-state index in [9.17, 15) is 13.2 Å². The van der Waals surface area contributed by atoms with Crippen LogP contribution < -0.4 is 5.32 Å². The van der Waals surface area contributed by atoms with Gasteiger partial charge in [0.05, 0.1) is 16.1 Å². The van der Waals surface area contributed by atoms with Gasteiger partial charge in [0.15, 0.2) is 0 Å². The monoisotopic (exact) mass is 395 g/mol. The maximum absolute atomic E-state index is 13.4. The molecule has 0 bridgehead atoms. The standard InChI is InChI=1S/C17H13ClF3N5O/c18-11-6-10(2-3-12(11)19)17(4-1-5-17)24-16-22-7-9(8-23-16)14-25-26-15(27-14)13(20)21/h2-3,6-8,13H,1,4-5H2,(H,22,23,24). The van der Waals surface area contributed by atoms with E-state index in [1.807, 2.05) is 0 Å². The van der Waals surface area contributed by atoms with Crippen LogP contribution in [-0.2, 0) is 5.54 Å². The summed E-state index contributed by atoms with van der Waals surface area (Å²) in [6, 6.07) is 4.62. The Kier molecular flexibility index (Phi) is 4.47. The highest BCUT2D eigenvalue weighted by Gasteiger charge is 2.39.